The van der Waals surface area contributed by atoms with Gasteiger partial charge < -0.3 is 10.6 Å². The van der Waals surface area contributed by atoms with Crippen molar-refractivity contribution in [2.24, 2.45) is 17.8 Å². The van der Waals surface area contributed by atoms with E-state index in [4.69, 9.17) is 0 Å². The van der Waals surface area contributed by atoms with Gasteiger partial charge in [0, 0.05) is 24.7 Å². The van der Waals surface area contributed by atoms with Crippen molar-refractivity contribution in [3.63, 3.8) is 0 Å². The Morgan fingerprint density at radius 2 is 1.71 bits per heavy atom. The first-order valence-electron chi connectivity index (χ1n) is 7.77. The molecular formula is C17H22N2O2. The number of nitrogens with one attached hydrogen (secondary N) is 2. The van der Waals surface area contributed by atoms with Gasteiger partial charge in [0.1, 0.15) is 0 Å². The first kappa shape index (κ1) is 14.1. The molecule has 4 nitrogen and oxygen atoms in total. The molecule has 1 aromatic rings. The molecule has 2 aliphatic rings. The van der Waals surface area contributed by atoms with Gasteiger partial charge >= 0.3 is 0 Å². The van der Waals surface area contributed by atoms with Crippen molar-refractivity contribution in [1.82, 2.24) is 0 Å². The minimum atomic E-state index is -0.0944. The van der Waals surface area contributed by atoms with Crippen LogP contribution in [0.15, 0.2) is 24.3 Å². The molecule has 0 aromatic heterocycles. The van der Waals surface area contributed by atoms with Crippen LogP contribution in [-0.4, -0.2) is 11.8 Å². The van der Waals surface area contributed by atoms with Crippen LogP contribution in [0.5, 0.6) is 0 Å². The summed E-state index contributed by atoms with van der Waals surface area (Å²) in [7, 11) is 0. The summed E-state index contributed by atoms with van der Waals surface area (Å²) in [6, 6.07) is 7.25. The van der Waals surface area contributed by atoms with Crippen LogP contribution in [0.2, 0.25) is 0 Å². The molecule has 4 heteroatoms. The summed E-state index contributed by atoms with van der Waals surface area (Å²) < 4.78 is 0. The Hall–Kier alpha value is -1.84. The van der Waals surface area contributed by atoms with Gasteiger partial charge in [-0.25, -0.2) is 0 Å². The minimum Gasteiger partial charge on any atom is -0.326 e. The van der Waals surface area contributed by atoms with Crippen LogP contribution in [0.25, 0.3) is 0 Å². The summed E-state index contributed by atoms with van der Waals surface area (Å²) in [5.74, 6) is 2.26. The van der Waals surface area contributed by atoms with Crippen molar-refractivity contribution in [1.29, 1.82) is 0 Å². The van der Waals surface area contributed by atoms with Crippen LogP contribution < -0.4 is 10.6 Å². The topological polar surface area (TPSA) is 58.2 Å². The number of hydrogen-bond acceptors (Lipinski definition) is 2. The van der Waals surface area contributed by atoms with Gasteiger partial charge in [0.05, 0.1) is 0 Å². The van der Waals surface area contributed by atoms with Gasteiger partial charge in [-0.15, -0.1) is 0 Å². The lowest BCUT2D eigenvalue weighted by atomic mass is 9.86. The van der Waals surface area contributed by atoms with Crippen molar-refractivity contribution in [2.45, 2.75) is 39.0 Å². The second-order valence-electron chi connectivity index (χ2n) is 6.45. The van der Waals surface area contributed by atoms with Crippen LogP contribution in [0.3, 0.4) is 0 Å². The summed E-state index contributed by atoms with van der Waals surface area (Å²) in [6.07, 6.45) is 5.90. The number of hydrogen-bond donors (Lipinski definition) is 2. The number of carbonyl (C=O) groups excluding carboxylic acids is 2. The molecule has 3 rings (SSSR count). The average molecular weight is 286 g/mol. The van der Waals surface area contributed by atoms with E-state index in [1.54, 1.807) is 12.1 Å². The zero-order valence-corrected chi connectivity index (χ0v) is 12.4. The fourth-order valence-corrected chi connectivity index (χ4v) is 3.92. The molecule has 2 aliphatic carbocycles. The van der Waals surface area contributed by atoms with Crippen LogP contribution in [0, 0.1) is 17.8 Å². The minimum absolute atomic E-state index is 0.0944. The number of anilines is 2. The molecule has 112 valence electrons. The molecule has 2 amide bonds. The second kappa shape index (κ2) is 5.88. The second-order valence-corrected chi connectivity index (χ2v) is 6.45. The number of carbonyl (C=O) groups is 2. The Labute approximate surface area is 125 Å². The summed E-state index contributed by atoms with van der Waals surface area (Å²) in [6.45, 7) is 1.48. The Morgan fingerprint density at radius 3 is 2.24 bits per heavy atom. The lowest BCUT2D eigenvalue weighted by Crippen LogP contribution is -2.20. The summed E-state index contributed by atoms with van der Waals surface area (Å²) in [4.78, 5) is 23.1. The lowest BCUT2D eigenvalue weighted by Gasteiger charge is -2.20. The van der Waals surface area contributed by atoms with Crippen molar-refractivity contribution < 1.29 is 9.59 Å². The zero-order valence-electron chi connectivity index (χ0n) is 12.4. The van der Waals surface area contributed by atoms with Gasteiger partial charge in [0.15, 0.2) is 0 Å². The first-order chi connectivity index (χ1) is 10.1. The van der Waals surface area contributed by atoms with E-state index in [1.807, 2.05) is 12.1 Å². The number of rotatable bonds is 4. The molecule has 1 aromatic carbocycles. The molecule has 3 atom stereocenters. The standard InChI is InChI=1S/C17H22N2O2/c1-11(20)18-15-4-6-16(7-5-15)19-17(21)10-14-9-12-2-3-13(14)8-12/h4-7,12-14H,2-3,8-10H2,1H3,(H,18,20)(H,19,21)/t12-,13-,14-/m1/s1. The highest BCUT2D eigenvalue weighted by atomic mass is 16.2. The summed E-state index contributed by atoms with van der Waals surface area (Å²) >= 11 is 0. The maximum absolute atomic E-state index is 12.1. The van der Waals surface area contributed by atoms with Crippen molar-refractivity contribution >= 4 is 23.2 Å². The van der Waals surface area contributed by atoms with E-state index in [1.165, 1.54) is 32.6 Å². The molecule has 2 saturated carbocycles. The predicted octanol–water partition coefficient (Wildman–Crippen LogP) is 3.41. The highest BCUT2D eigenvalue weighted by molar-refractivity contribution is 5.92. The van der Waals surface area contributed by atoms with Crippen molar-refractivity contribution in [3.8, 4) is 0 Å². The van der Waals surface area contributed by atoms with Gasteiger partial charge in [-0.1, -0.05) is 6.42 Å². The van der Waals surface area contributed by atoms with E-state index in [0.29, 0.717) is 12.3 Å². The van der Waals surface area contributed by atoms with Gasteiger partial charge in [0.25, 0.3) is 0 Å². The molecule has 2 fully saturated rings. The summed E-state index contributed by atoms with van der Waals surface area (Å²) in [5.41, 5.74) is 1.53. The molecule has 0 aliphatic heterocycles. The first-order valence-corrected chi connectivity index (χ1v) is 7.77. The van der Waals surface area contributed by atoms with E-state index < -0.39 is 0 Å². The van der Waals surface area contributed by atoms with Crippen molar-refractivity contribution in [2.75, 3.05) is 10.6 Å². The van der Waals surface area contributed by atoms with Crippen LogP contribution in [0.4, 0.5) is 11.4 Å². The maximum Gasteiger partial charge on any atom is 0.224 e. The van der Waals surface area contributed by atoms with Crippen molar-refractivity contribution in [3.05, 3.63) is 24.3 Å². The smallest absolute Gasteiger partial charge is 0.224 e. The number of benzene rings is 1. The Morgan fingerprint density at radius 1 is 1.05 bits per heavy atom. The number of amides is 2. The molecule has 2 bridgehead atoms. The molecule has 0 saturated heterocycles. The van der Waals surface area contributed by atoms with E-state index >= 15 is 0 Å². The number of fused-ring (bicyclic) bond motifs is 2. The van der Waals surface area contributed by atoms with Gasteiger partial charge in [-0.2, -0.15) is 0 Å². The largest absolute Gasteiger partial charge is 0.326 e. The van der Waals surface area contributed by atoms with Gasteiger partial charge in [0.2, 0.25) is 11.8 Å². The maximum atomic E-state index is 12.1. The molecule has 0 spiro atoms. The van der Waals surface area contributed by atoms with Crippen LogP contribution in [-0.2, 0) is 9.59 Å². The van der Waals surface area contributed by atoms with Crippen LogP contribution >= 0.6 is 0 Å². The molecule has 0 heterocycles. The van der Waals surface area contributed by atoms with E-state index in [-0.39, 0.29) is 11.8 Å². The monoisotopic (exact) mass is 286 g/mol. The third kappa shape index (κ3) is 3.43. The fraction of sp³-hybridized carbons (Fsp3) is 0.529. The lowest BCUT2D eigenvalue weighted by molar-refractivity contribution is -0.117. The third-order valence-corrected chi connectivity index (χ3v) is 4.82. The quantitative estimate of drug-likeness (QED) is 0.891. The zero-order chi connectivity index (χ0) is 14.8. The predicted molar refractivity (Wildman–Crippen MR) is 82.9 cm³/mol. The molecule has 2 N–H and O–H groups in total. The third-order valence-electron chi connectivity index (χ3n) is 4.82. The molecular weight excluding hydrogens is 264 g/mol. The SMILES string of the molecule is CC(=O)Nc1ccc(NC(=O)C[C@H]2C[C@@H]3CC[C@@H]2C3)cc1. The van der Waals surface area contributed by atoms with E-state index in [0.717, 1.165) is 23.2 Å². The van der Waals surface area contributed by atoms with E-state index in [2.05, 4.69) is 10.6 Å². The fourth-order valence-electron chi connectivity index (χ4n) is 3.92. The Kier molecular flexibility index (Phi) is 3.95. The Bertz CT molecular complexity index is 538. The molecule has 0 radical (unpaired) electrons. The van der Waals surface area contributed by atoms with Crippen LogP contribution in [0.1, 0.15) is 39.0 Å². The van der Waals surface area contributed by atoms with Gasteiger partial charge in [-0.3, -0.25) is 9.59 Å². The Balaban J connectivity index is 1.51. The summed E-state index contributed by atoms with van der Waals surface area (Å²) in [5, 5.41) is 5.67. The normalized spacial score (nSPS) is 26.6. The highest BCUT2D eigenvalue weighted by Crippen LogP contribution is 2.49. The van der Waals surface area contributed by atoms with Gasteiger partial charge in [-0.05, 0) is 61.3 Å². The average Bonchev–Trinajstić information content (AvgIpc) is 3.02. The molecule has 21 heavy (non-hydrogen) atoms. The molecule has 0 unspecified atom stereocenters. The van der Waals surface area contributed by atoms with E-state index in [9.17, 15) is 9.59 Å². The highest BCUT2D eigenvalue weighted by Gasteiger charge is 2.40.